The third kappa shape index (κ3) is 4.03. The highest BCUT2D eigenvalue weighted by Crippen LogP contribution is 2.12. The lowest BCUT2D eigenvalue weighted by atomic mass is 10.2. The summed E-state index contributed by atoms with van der Waals surface area (Å²) < 4.78 is 0. The molecule has 1 aromatic carbocycles. The van der Waals surface area contributed by atoms with Crippen molar-refractivity contribution in [3.63, 3.8) is 0 Å². The van der Waals surface area contributed by atoms with Crippen molar-refractivity contribution in [3.05, 3.63) is 53.9 Å². The third-order valence-electron chi connectivity index (χ3n) is 2.91. The van der Waals surface area contributed by atoms with E-state index >= 15 is 0 Å². The van der Waals surface area contributed by atoms with E-state index in [1.165, 1.54) is 5.56 Å². The van der Waals surface area contributed by atoms with Gasteiger partial charge < -0.3 is 10.6 Å². The van der Waals surface area contributed by atoms with Crippen molar-refractivity contribution >= 4 is 5.95 Å². The van der Waals surface area contributed by atoms with Gasteiger partial charge in [0.2, 0.25) is 5.95 Å². The predicted octanol–water partition coefficient (Wildman–Crippen LogP) is 2.14. The molecule has 0 bridgehead atoms. The molecule has 0 saturated carbocycles. The molecule has 100 valence electrons. The third-order valence-corrected chi connectivity index (χ3v) is 2.91. The predicted molar refractivity (Wildman–Crippen MR) is 77.9 cm³/mol. The molecule has 0 radical (unpaired) electrons. The van der Waals surface area contributed by atoms with Crippen molar-refractivity contribution < 1.29 is 0 Å². The number of hydrogen-bond donors (Lipinski definition) is 1. The number of nitrogens with two attached hydrogens (primary N) is 1. The minimum absolute atomic E-state index is 0.678. The van der Waals surface area contributed by atoms with Crippen molar-refractivity contribution in [3.8, 4) is 0 Å². The van der Waals surface area contributed by atoms with Crippen molar-refractivity contribution in [2.75, 3.05) is 18.0 Å². The van der Waals surface area contributed by atoms with Gasteiger partial charge in [0, 0.05) is 25.0 Å². The summed E-state index contributed by atoms with van der Waals surface area (Å²) >= 11 is 0. The molecule has 0 atom stereocenters. The van der Waals surface area contributed by atoms with E-state index in [0.29, 0.717) is 6.54 Å². The largest absolute Gasteiger partial charge is 0.336 e. The summed E-state index contributed by atoms with van der Waals surface area (Å²) in [6.45, 7) is 4.34. The molecule has 1 heterocycles. The molecule has 1 aromatic heterocycles. The van der Waals surface area contributed by atoms with Gasteiger partial charge in [-0.3, -0.25) is 0 Å². The minimum atomic E-state index is 0.678. The highest BCUT2D eigenvalue weighted by molar-refractivity contribution is 5.32. The summed E-state index contributed by atoms with van der Waals surface area (Å²) in [5.41, 5.74) is 7.85. The zero-order valence-electron chi connectivity index (χ0n) is 11.3. The molecule has 0 aliphatic carbocycles. The molecule has 0 amide bonds. The van der Waals surface area contributed by atoms with Crippen LogP contribution >= 0.6 is 0 Å². The van der Waals surface area contributed by atoms with Gasteiger partial charge in [-0.05, 0) is 31.5 Å². The molecule has 4 nitrogen and oxygen atoms in total. The van der Waals surface area contributed by atoms with Crippen LogP contribution in [0.15, 0.2) is 42.6 Å². The molecule has 0 saturated heterocycles. The first-order valence-electron chi connectivity index (χ1n) is 6.58. The normalized spacial score (nSPS) is 10.4. The second-order valence-corrected chi connectivity index (χ2v) is 4.55. The second-order valence-electron chi connectivity index (χ2n) is 4.55. The van der Waals surface area contributed by atoms with E-state index in [2.05, 4.69) is 27.0 Å². The zero-order valence-corrected chi connectivity index (χ0v) is 11.3. The lowest BCUT2D eigenvalue weighted by molar-refractivity contribution is 0.712. The molecule has 0 unspecified atom stereocenters. The van der Waals surface area contributed by atoms with E-state index in [1.54, 1.807) is 6.20 Å². The van der Waals surface area contributed by atoms with Crippen molar-refractivity contribution in [1.82, 2.24) is 9.97 Å². The number of anilines is 1. The van der Waals surface area contributed by atoms with Crippen LogP contribution in [0.5, 0.6) is 0 Å². The van der Waals surface area contributed by atoms with Gasteiger partial charge in [0.1, 0.15) is 0 Å². The maximum Gasteiger partial charge on any atom is 0.225 e. The fourth-order valence-corrected chi connectivity index (χ4v) is 1.92. The molecule has 0 fully saturated rings. The average Bonchev–Trinajstić information content (AvgIpc) is 2.44. The van der Waals surface area contributed by atoms with Crippen molar-refractivity contribution in [1.29, 1.82) is 0 Å². The van der Waals surface area contributed by atoms with Crippen molar-refractivity contribution in [2.24, 2.45) is 5.73 Å². The number of aromatic nitrogens is 2. The highest BCUT2D eigenvalue weighted by Gasteiger charge is 2.09. The van der Waals surface area contributed by atoms with Crippen LogP contribution in [-0.4, -0.2) is 23.1 Å². The van der Waals surface area contributed by atoms with Gasteiger partial charge in [-0.15, -0.1) is 0 Å². The lowest BCUT2D eigenvalue weighted by Crippen LogP contribution is -2.27. The van der Waals surface area contributed by atoms with Gasteiger partial charge >= 0.3 is 0 Å². The Balaban J connectivity index is 2.16. The van der Waals surface area contributed by atoms with Crippen LogP contribution in [0.25, 0.3) is 0 Å². The van der Waals surface area contributed by atoms with Gasteiger partial charge in [-0.1, -0.05) is 30.3 Å². The van der Waals surface area contributed by atoms with E-state index in [0.717, 1.165) is 31.2 Å². The molecule has 19 heavy (non-hydrogen) atoms. The Kier molecular flexibility index (Phi) is 4.86. The Morgan fingerprint density at radius 2 is 1.95 bits per heavy atom. The first-order chi connectivity index (χ1) is 9.29. The van der Waals surface area contributed by atoms with Crippen LogP contribution in [0.4, 0.5) is 5.95 Å². The molecular formula is C15H20N4. The average molecular weight is 256 g/mol. The van der Waals surface area contributed by atoms with Crippen LogP contribution in [0, 0.1) is 6.92 Å². The zero-order chi connectivity index (χ0) is 13.5. The van der Waals surface area contributed by atoms with Crippen LogP contribution in [0.1, 0.15) is 17.7 Å². The standard InChI is InChI=1S/C15H20N4/c1-13-8-10-17-15(18-13)19(11-5-9-16)12-14-6-3-2-4-7-14/h2-4,6-8,10H,5,9,11-12,16H2,1H3. The van der Waals surface area contributed by atoms with E-state index in [9.17, 15) is 0 Å². The maximum atomic E-state index is 5.61. The summed E-state index contributed by atoms with van der Waals surface area (Å²) in [7, 11) is 0. The van der Waals surface area contributed by atoms with Crippen LogP contribution < -0.4 is 10.6 Å². The van der Waals surface area contributed by atoms with Gasteiger partial charge in [0.05, 0.1) is 0 Å². The Hall–Kier alpha value is -1.94. The van der Waals surface area contributed by atoms with Crippen LogP contribution in [0.3, 0.4) is 0 Å². The van der Waals surface area contributed by atoms with Gasteiger partial charge in [0.25, 0.3) is 0 Å². The maximum absolute atomic E-state index is 5.61. The summed E-state index contributed by atoms with van der Waals surface area (Å²) in [6, 6.07) is 12.3. The molecule has 0 aliphatic rings. The van der Waals surface area contributed by atoms with E-state index in [4.69, 9.17) is 5.73 Å². The summed E-state index contributed by atoms with van der Waals surface area (Å²) in [6.07, 6.45) is 2.74. The van der Waals surface area contributed by atoms with E-state index in [-0.39, 0.29) is 0 Å². The van der Waals surface area contributed by atoms with Crippen LogP contribution in [0.2, 0.25) is 0 Å². The molecular weight excluding hydrogens is 236 g/mol. The van der Waals surface area contributed by atoms with Gasteiger partial charge in [-0.2, -0.15) is 0 Å². The fraction of sp³-hybridized carbons (Fsp3) is 0.333. The molecule has 2 rings (SSSR count). The van der Waals surface area contributed by atoms with Crippen LogP contribution in [-0.2, 0) is 6.54 Å². The molecule has 2 N–H and O–H groups in total. The first kappa shape index (κ1) is 13.5. The molecule has 0 spiro atoms. The quantitative estimate of drug-likeness (QED) is 0.860. The molecule has 0 aliphatic heterocycles. The molecule has 4 heteroatoms. The lowest BCUT2D eigenvalue weighted by Gasteiger charge is -2.22. The Labute approximate surface area is 114 Å². The van der Waals surface area contributed by atoms with Gasteiger partial charge in [0.15, 0.2) is 0 Å². The number of nitrogens with zero attached hydrogens (tertiary/aromatic N) is 3. The van der Waals surface area contributed by atoms with E-state index in [1.807, 2.05) is 31.2 Å². The highest BCUT2D eigenvalue weighted by atomic mass is 15.2. The number of rotatable bonds is 6. The number of aryl methyl sites for hydroxylation is 1. The monoisotopic (exact) mass is 256 g/mol. The summed E-state index contributed by atoms with van der Waals surface area (Å²) in [4.78, 5) is 11.0. The number of hydrogen-bond acceptors (Lipinski definition) is 4. The topological polar surface area (TPSA) is 55.0 Å². The first-order valence-corrected chi connectivity index (χ1v) is 6.58. The Bertz CT molecular complexity index is 499. The summed E-state index contributed by atoms with van der Waals surface area (Å²) in [5.74, 6) is 0.775. The van der Waals surface area contributed by atoms with E-state index < -0.39 is 0 Å². The fourth-order valence-electron chi connectivity index (χ4n) is 1.92. The summed E-state index contributed by atoms with van der Waals surface area (Å²) in [5, 5.41) is 0. The Morgan fingerprint density at radius 1 is 1.16 bits per heavy atom. The second kappa shape index (κ2) is 6.85. The minimum Gasteiger partial charge on any atom is -0.336 e. The number of benzene rings is 1. The SMILES string of the molecule is Cc1ccnc(N(CCCN)Cc2ccccc2)n1. The van der Waals surface area contributed by atoms with Crippen molar-refractivity contribution in [2.45, 2.75) is 19.9 Å². The van der Waals surface area contributed by atoms with Gasteiger partial charge in [-0.25, -0.2) is 9.97 Å². The Morgan fingerprint density at radius 3 is 2.63 bits per heavy atom. The molecule has 2 aromatic rings. The smallest absolute Gasteiger partial charge is 0.225 e.